The van der Waals surface area contributed by atoms with Crippen molar-refractivity contribution in [2.45, 2.75) is 77.9 Å². The van der Waals surface area contributed by atoms with E-state index in [2.05, 4.69) is 56.4 Å². The van der Waals surface area contributed by atoms with Crippen molar-refractivity contribution in [3.05, 3.63) is 127 Å². The third-order valence-corrected chi connectivity index (χ3v) is 11.6. The van der Waals surface area contributed by atoms with Crippen LogP contribution in [0.4, 0.5) is 0 Å². The molecule has 1 aliphatic carbocycles. The molecule has 9 nitrogen and oxygen atoms in total. The Balaban J connectivity index is 0.938. The van der Waals surface area contributed by atoms with Crippen LogP contribution in [0.1, 0.15) is 111 Å². The topological polar surface area (TPSA) is 110 Å². The first kappa shape index (κ1) is 35.4. The minimum Gasteiger partial charge on any atom is -0.324 e. The number of rotatable bonds is 5. The zero-order valence-electron chi connectivity index (χ0n) is 30.1. The molecule has 0 N–H and O–H groups in total. The number of aliphatic imine (C=N–C) groups is 1. The highest BCUT2D eigenvalue weighted by molar-refractivity contribution is 7.15. The molecule has 1 unspecified atom stereocenters. The van der Waals surface area contributed by atoms with E-state index in [0.717, 1.165) is 73.5 Å². The van der Waals surface area contributed by atoms with Crippen molar-refractivity contribution in [2.75, 3.05) is 0 Å². The highest BCUT2D eigenvalue weighted by atomic mass is 35.5. The summed E-state index contributed by atoms with van der Waals surface area (Å²) in [7, 11) is 0. The number of ketones is 2. The van der Waals surface area contributed by atoms with Gasteiger partial charge in [-0.15, -0.1) is 21.5 Å². The number of fused-ring (bicyclic) bond motifs is 4. The molecule has 2 atom stereocenters. The molecular weight excluding hydrogens is 716 g/mol. The van der Waals surface area contributed by atoms with Crippen LogP contribution in [0.15, 0.2) is 65.8 Å². The van der Waals surface area contributed by atoms with E-state index in [9.17, 15) is 14.4 Å². The van der Waals surface area contributed by atoms with Crippen molar-refractivity contribution >= 4 is 46.1 Å². The summed E-state index contributed by atoms with van der Waals surface area (Å²) >= 11 is 7.83. The maximum atomic E-state index is 13.1. The van der Waals surface area contributed by atoms with Crippen LogP contribution in [0, 0.1) is 37.5 Å². The van der Waals surface area contributed by atoms with Crippen LogP contribution >= 0.6 is 22.9 Å². The number of benzene rings is 2. The van der Waals surface area contributed by atoms with Gasteiger partial charge in [-0.2, -0.15) is 0 Å². The second kappa shape index (κ2) is 14.6. The number of hydrogen-bond acceptors (Lipinski definition) is 8. The minimum absolute atomic E-state index is 0.0517. The van der Waals surface area contributed by atoms with Gasteiger partial charge in [0.05, 0.1) is 23.1 Å². The van der Waals surface area contributed by atoms with E-state index < -0.39 is 6.04 Å². The Morgan fingerprint density at radius 3 is 2.59 bits per heavy atom. The smallest absolute Gasteiger partial charge is 0.255 e. The molecule has 2 aromatic carbocycles. The van der Waals surface area contributed by atoms with Gasteiger partial charge in [0.2, 0.25) is 0 Å². The third-order valence-electron chi connectivity index (χ3n) is 10.2. The van der Waals surface area contributed by atoms with E-state index in [1.807, 2.05) is 62.5 Å². The average molecular weight is 751 g/mol. The molecule has 5 aromatic rings. The van der Waals surface area contributed by atoms with E-state index in [0.29, 0.717) is 42.1 Å². The van der Waals surface area contributed by atoms with E-state index in [1.54, 1.807) is 22.3 Å². The molecule has 0 bridgehead atoms. The quantitative estimate of drug-likeness (QED) is 0.106. The summed E-state index contributed by atoms with van der Waals surface area (Å²) < 4.78 is 2.10. The lowest BCUT2D eigenvalue weighted by Gasteiger charge is -2.29. The second-order valence-corrected chi connectivity index (χ2v) is 15.2. The van der Waals surface area contributed by atoms with Gasteiger partial charge in [-0.1, -0.05) is 47.7 Å². The summed E-state index contributed by atoms with van der Waals surface area (Å²) in [6.45, 7) is 6.42. The van der Waals surface area contributed by atoms with Crippen LogP contribution in [0.5, 0.6) is 0 Å². The van der Waals surface area contributed by atoms with E-state index in [-0.39, 0.29) is 29.9 Å². The van der Waals surface area contributed by atoms with Crippen LogP contribution < -0.4 is 0 Å². The molecule has 5 heterocycles. The number of nitrogens with zero attached hydrogens (tertiary/aromatic N) is 6. The van der Waals surface area contributed by atoms with Crippen LogP contribution in [-0.4, -0.2) is 53.9 Å². The maximum Gasteiger partial charge on any atom is 0.255 e. The molecule has 3 aliphatic rings. The number of thiophene rings is 1. The van der Waals surface area contributed by atoms with Crippen molar-refractivity contribution in [1.82, 2.24) is 24.6 Å². The lowest BCUT2D eigenvalue weighted by atomic mass is 9.92. The Hall–Kier alpha value is -5.68. The predicted octanol–water partition coefficient (Wildman–Crippen LogP) is 7.33. The number of halogens is 1. The zero-order chi connectivity index (χ0) is 37.5. The average Bonchev–Trinajstić information content (AvgIpc) is 3.79. The van der Waals surface area contributed by atoms with Crippen molar-refractivity contribution in [2.24, 2.45) is 4.99 Å². The Bertz CT molecular complexity index is 2510. The summed E-state index contributed by atoms with van der Waals surface area (Å²) in [6, 6.07) is 16.6. The minimum atomic E-state index is -0.537. The van der Waals surface area contributed by atoms with Gasteiger partial charge in [-0.3, -0.25) is 23.9 Å². The monoisotopic (exact) mass is 750 g/mol. The molecule has 2 aliphatic heterocycles. The van der Waals surface area contributed by atoms with Crippen LogP contribution in [0.2, 0.25) is 5.02 Å². The van der Waals surface area contributed by atoms with Gasteiger partial charge < -0.3 is 4.90 Å². The predicted molar refractivity (Wildman–Crippen MR) is 208 cm³/mol. The van der Waals surface area contributed by atoms with Crippen LogP contribution in [-0.2, 0) is 22.6 Å². The fraction of sp³-hybridized carbons (Fsp3) is 0.279. The molecule has 1 fully saturated rings. The molecule has 3 aromatic heterocycles. The normalized spacial score (nSPS) is 17.4. The van der Waals surface area contributed by atoms with Crippen LogP contribution in [0.25, 0.3) is 5.00 Å². The first-order valence-electron chi connectivity index (χ1n) is 18.0. The van der Waals surface area contributed by atoms with Gasteiger partial charge in [0, 0.05) is 52.9 Å². The highest BCUT2D eigenvalue weighted by Crippen LogP contribution is 2.39. The fourth-order valence-electron chi connectivity index (χ4n) is 7.31. The van der Waals surface area contributed by atoms with Gasteiger partial charge in [-0.05, 0) is 98.9 Å². The number of aromatic nitrogens is 4. The standard InChI is InChI=1S/C43H35ClN6O3S/c1-25-38(54-43-39(25)40(30-13-15-31(44)16-14-30)46-26(2)41-48-47-27(3)50(41)43)21-18-32-17-12-28(23-45-32)8-5-4-6-9-29-10-7-11-34-35(29)24-49(42(34)53)36-20-19-33(51)22-37(36)52/h7,10-17,23,26,36H,4-5,8,19-20,22,24H2,1-3H3/t26-,36?/m0/s1. The Labute approximate surface area is 322 Å². The summed E-state index contributed by atoms with van der Waals surface area (Å²) in [5, 5.41) is 10.5. The van der Waals surface area contributed by atoms with Crippen molar-refractivity contribution in [1.29, 1.82) is 0 Å². The van der Waals surface area contributed by atoms with Gasteiger partial charge in [0.15, 0.2) is 11.6 Å². The van der Waals surface area contributed by atoms with Gasteiger partial charge in [0.25, 0.3) is 5.91 Å². The highest BCUT2D eigenvalue weighted by Gasteiger charge is 2.39. The number of hydrogen-bond donors (Lipinski definition) is 0. The van der Waals surface area contributed by atoms with E-state index in [1.165, 1.54) is 0 Å². The summed E-state index contributed by atoms with van der Waals surface area (Å²) in [5.41, 5.74) is 7.98. The number of carbonyl (C=O) groups excluding carboxylic acids is 3. The van der Waals surface area contributed by atoms with E-state index >= 15 is 0 Å². The van der Waals surface area contributed by atoms with Crippen molar-refractivity contribution < 1.29 is 14.4 Å². The molecule has 0 saturated heterocycles. The SMILES string of the molecule is Cc1c(C#Cc2ccc(CCCC#Cc3cccc4c3CN(C3CCC(=O)CC3=O)C4=O)cn2)sc2c1C(c1ccc(Cl)cc1)=N[C@@H](C)c1nnc(C)n1-2. The lowest BCUT2D eigenvalue weighted by Crippen LogP contribution is -2.44. The number of unbranched alkanes of at least 4 members (excludes halogenated alkanes) is 1. The lowest BCUT2D eigenvalue weighted by molar-refractivity contribution is -0.133. The Kier molecular flexibility index (Phi) is 9.58. The molecule has 268 valence electrons. The molecule has 11 heteroatoms. The number of pyridine rings is 1. The molecule has 1 saturated carbocycles. The Morgan fingerprint density at radius 2 is 1.81 bits per heavy atom. The summed E-state index contributed by atoms with van der Waals surface area (Å²) in [6.07, 6.45) is 4.86. The number of Topliss-reactive ketones (excluding diaryl/α,β-unsaturated/α-hetero) is 2. The van der Waals surface area contributed by atoms with Crippen molar-refractivity contribution in [3.63, 3.8) is 0 Å². The van der Waals surface area contributed by atoms with Gasteiger partial charge in [0.1, 0.15) is 28.3 Å². The molecule has 8 rings (SSSR count). The largest absolute Gasteiger partial charge is 0.324 e. The van der Waals surface area contributed by atoms with E-state index in [4.69, 9.17) is 16.6 Å². The molecule has 1 amide bonds. The number of amides is 1. The maximum absolute atomic E-state index is 13.1. The second-order valence-electron chi connectivity index (χ2n) is 13.8. The molecule has 0 spiro atoms. The fourth-order valence-corrected chi connectivity index (χ4v) is 8.66. The summed E-state index contributed by atoms with van der Waals surface area (Å²) in [5.74, 6) is 14.4. The van der Waals surface area contributed by atoms with Gasteiger partial charge in [-0.25, -0.2) is 4.98 Å². The third kappa shape index (κ3) is 6.68. The van der Waals surface area contributed by atoms with Gasteiger partial charge >= 0.3 is 0 Å². The molecule has 0 radical (unpaired) electrons. The Morgan fingerprint density at radius 1 is 0.981 bits per heavy atom. The zero-order valence-corrected chi connectivity index (χ0v) is 31.6. The van der Waals surface area contributed by atoms with Crippen molar-refractivity contribution in [3.8, 4) is 28.7 Å². The molecule has 54 heavy (non-hydrogen) atoms. The van der Waals surface area contributed by atoms with Crippen LogP contribution in [0.3, 0.4) is 0 Å². The first-order chi connectivity index (χ1) is 26.2. The number of aryl methyl sites for hydroxylation is 2. The first-order valence-corrected chi connectivity index (χ1v) is 19.2. The molecular formula is C43H35ClN6O3S. The summed E-state index contributed by atoms with van der Waals surface area (Å²) in [4.78, 5) is 49.7. The number of carbonyl (C=O) groups is 3.